The predicted molar refractivity (Wildman–Crippen MR) is 154 cm³/mol. The maximum atomic E-state index is 2.00. The molecule has 0 N–H and O–H groups in total. The molecule has 0 nitrogen and oxygen atoms in total. The Bertz CT molecular complexity index is 487. The molecule has 10 fully saturated rings. The zero-order chi connectivity index (χ0) is 24.9. The summed E-state index contributed by atoms with van der Waals surface area (Å²) in [6.45, 7) is 12.0. The van der Waals surface area contributed by atoms with Crippen LogP contribution < -0.4 is 0 Å². The van der Waals surface area contributed by atoms with Gasteiger partial charge in [0.05, 0.1) is 0 Å². The van der Waals surface area contributed by atoms with Gasteiger partial charge in [0.2, 0.25) is 0 Å². The average molecular weight is 485 g/mol. The van der Waals surface area contributed by atoms with Crippen LogP contribution in [0, 0.1) is 71.0 Å². The standard InChI is InChI=1S/C12H18.C10H16.C7H12.3C2H6/c1-2-8-5-7(1)11-9-3-4-10(6-9)12(8)11;1-7-2-9-4-8(1)5-10(3-7)6-9;1-2-7-4-3-6(1)5-7;3*1-2/h7-12H,1-6H2;7-10H,1-6H2;6-7H,1-5H2;3*1-2H3. The van der Waals surface area contributed by atoms with E-state index in [-0.39, 0.29) is 0 Å². The predicted octanol–water partition coefficient (Wildman–Crippen LogP) is 11.2. The summed E-state index contributed by atoms with van der Waals surface area (Å²) in [5.74, 6) is 14.3. The minimum Gasteiger partial charge on any atom is -0.0683 e. The number of rotatable bonds is 0. The molecule has 0 aromatic heterocycles. The molecule has 35 heavy (non-hydrogen) atoms. The second-order valence-electron chi connectivity index (χ2n) is 13.8. The van der Waals surface area contributed by atoms with Gasteiger partial charge in [-0.15, -0.1) is 0 Å². The highest BCUT2D eigenvalue weighted by Crippen LogP contribution is 2.67. The van der Waals surface area contributed by atoms with Crippen LogP contribution in [0.4, 0.5) is 0 Å². The molecule has 0 amide bonds. The Morgan fingerprint density at radius 2 is 0.486 bits per heavy atom. The van der Waals surface area contributed by atoms with Gasteiger partial charge in [-0.1, -0.05) is 67.2 Å². The Morgan fingerprint density at radius 1 is 0.257 bits per heavy atom. The first-order valence-electron chi connectivity index (χ1n) is 17.3. The molecular weight excluding hydrogens is 420 g/mol. The van der Waals surface area contributed by atoms with Crippen LogP contribution in [0.15, 0.2) is 0 Å². The molecule has 0 radical (unpaired) electrons. The van der Waals surface area contributed by atoms with Crippen molar-refractivity contribution in [3.8, 4) is 0 Å². The van der Waals surface area contributed by atoms with E-state index in [1.807, 2.05) is 41.5 Å². The average Bonchev–Trinajstić information content (AvgIpc) is 3.76. The maximum Gasteiger partial charge on any atom is -0.0323 e. The molecule has 204 valence electrons. The number of hydrogen-bond acceptors (Lipinski definition) is 0. The Balaban J connectivity index is 0.000000115. The molecule has 0 aromatic rings. The van der Waals surface area contributed by atoms with Gasteiger partial charge >= 0.3 is 0 Å². The lowest BCUT2D eigenvalue weighted by Crippen LogP contribution is -2.38. The molecule has 0 heteroatoms. The largest absolute Gasteiger partial charge is 0.0683 e. The molecule has 0 heterocycles. The van der Waals surface area contributed by atoms with Crippen LogP contribution in [0.1, 0.15) is 151 Å². The van der Waals surface area contributed by atoms with Crippen LogP contribution in [0.5, 0.6) is 0 Å². The zero-order valence-electron chi connectivity index (χ0n) is 24.9. The van der Waals surface area contributed by atoms with Crippen molar-refractivity contribution in [2.75, 3.05) is 0 Å². The number of hydrogen-bond donors (Lipinski definition) is 0. The van der Waals surface area contributed by atoms with Gasteiger partial charge in [-0.05, 0) is 154 Å². The van der Waals surface area contributed by atoms with Gasteiger partial charge in [-0.25, -0.2) is 0 Å². The van der Waals surface area contributed by atoms with E-state index in [1.54, 1.807) is 109 Å². The van der Waals surface area contributed by atoms with Crippen molar-refractivity contribution in [1.29, 1.82) is 0 Å². The van der Waals surface area contributed by atoms with E-state index in [0.717, 1.165) is 0 Å². The SMILES string of the molecule is C1C2CC3CC1CC(C2)C3.C1CC2CC1C1C3CCC(C3)C21.C1CC2CCC1C2.CC.CC.CC. The molecule has 0 saturated heterocycles. The van der Waals surface area contributed by atoms with Gasteiger partial charge in [-0.2, -0.15) is 0 Å². The molecule has 10 rings (SSSR count). The maximum absolute atomic E-state index is 2.00. The number of fused-ring (bicyclic) bond motifs is 11. The highest BCUT2D eigenvalue weighted by molar-refractivity contribution is 5.08. The summed E-state index contributed by atoms with van der Waals surface area (Å²) < 4.78 is 0. The normalized spacial score (nSPS) is 49.2. The molecule has 0 aromatic carbocycles. The lowest BCUT2D eigenvalue weighted by atomic mass is 9.56. The van der Waals surface area contributed by atoms with Crippen molar-refractivity contribution in [3.05, 3.63) is 0 Å². The van der Waals surface area contributed by atoms with Crippen LogP contribution in [0.3, 0.4) is 0 Å². The second kappa shape index (κ2) is 13.2. The molecule has 10 bridgehead atoms. The van der Waals surface area contributed by atoms with Crippen molar-refractivity contribution in [2.24, 2.45) is 71.0 Å². The third-order valence-corrected chi connectivity index (χ3v) is 12.3. The van der Waals surface area contributed by atoms with Gasteiger partial charge in [0.25, 0.3) is 0 Å². The van der Waals surface area contributed by atoms with Crippen molar-refractivity contribution < 1.29 is 0 Å². The van der Waals surface area contributed by atoms with E-state index in [4.69, 9.17) is 0 Å². The quantitative estimate of drug-likeness (QED) is 0.300. The minimum absolute atomic E-state index is 1.17. The Morgan fingerprint density at radius 3 is 0.686 bits per heavy atom. The first kappa shape index (κ1) is 28.0. The monoisotopic (exact) mass is 485 g/mol. The lowest BCUT2D eigenvalue weighted by Gasteiger charge is -2.49. The van der Waals surface area contributed by atoms with Gasteiger partial charge in [0.15, 0.2) is 0 Å². The van der Waals surface area contributed by atoms with Crippen LogP contribution in [0.25, 0.3) is 0 Å². The Hall–Kier alpha value is 0. The van der Waals surface area contributed by atoms with Crippen LogP contribution in [0.2, 0.25) is 0 Å². The van der Waals surface area contributed by atoms with Crippen LogP contribution in [-0.4, -0.2) is 0 Å². The van der Waals surface area contributed by atoms with Crippen LogP contribution >= 0.6 is 0 Å². The summed E-state index contributed by atoms with van der Waals surface area (Å²) in [7, 11) is 0. The summed E-state index contributed by atoms with van der Waals surface area (Å²) in [6.07, 6.45) is 27.2. The molecule has 4 atom stereocenters. The summed E-state index contributed by atoms with van der Waals surface area (Å²) in [5.41, 5.74) is 0. The highest BCUT2D eigenvalue weighted by Gasteiger charge is 2.59. The van der Waals surface area contributed by atoms with Gasteiger partial charge < -0.3 is 0 Å². The summed E-state index contributed by atoms with van der Waals surface area (Å²) in [6, 6.07) is 0. The Labute approximate surface area is 221 Å². The van der Waals surface area contributed by atoms with E-state index in [0.29, 0.717) is 0 Å². The van der Waals surface area contributed by atoms with Crippen molar-refractivity contribution >= 4 is 0 Å². The highest BCUT2D eigenvalue weighted by atomic mass is 14.6. The fraction of sp³-hybridized carbons (Fsp3) is 1.00. The fourth-order valence-corrected chi connectivity index (χ4v) is 11.7. The zero-order valence-corrected chi connectivity index (χ0v) is 24.9. The molecule has 0 aliphatic heterocycles. The van der Waals surface area contributed by atoms with Gasteiger partial charge in [-0.3, -0.25) is 0 Å². The van der Waals surface area contributed by atoms with E-state index < -0.39 is 0 Å². The summed E-state index contributed by atoms with van der Waals surface area (Å²) in [5, 5.41) is 0. The van der Waals surface area contributed by atoms with Crippen molar-refractivity contribution in [2.45, 2.75) is 151 Å². The molecule has 10 aliphatic carbocycles. The summed E-state index contributed by atoms with van der Waals surface area (Å²) >= 11 is 0. The van der Waals surface area contributed by atoms with Gasteiger partial charge in [0.1, 0.15) is 0 Å². The van der Waals surface area contributed by atoms with Gasteiger partial charge in [0, 0.05) is 0 Å². The van der Waals surface area contributed by atoms with E-state index in [9.17, 15) is 0 Å². The third-order valence-electron chi connectivity index (χ3n) is 12.3. The van der Waals surface area contributed by atoms with Crippen molar-refractivity contribution in [1.82, 2.24) is 0 Å². The lowest BCUT2D eigenvalue weighted by molar-refractivity contribution is 0.0198. The van der Waals surface area contributed by atoms with E-state index in [2.05, 4.69) is 0 Å². The first-order chi connectivity index (χ1) is 17.3. The Kier molecular flexibility index (Phi) is 10.6. The topological polar surface area (TPSA) is 0 Å². The molecule has 10 aliphatic rings. The summed E-state index contributed by atoms with van der Waals surface area (Å²) in [4.78, 5) is 0. The molecular formula is C35H64. The minimum atomic E-state index is 1.17. The van der Waals surface area contributed by atoms with Crippen LogP contribution in [-0.2, 0) is 0 Å². The fourth-order valence-electron chi connectivity index (χ4n) is 11.7. The molecule has 4 unspecified atom stereocenters. The molecule has 10 saturated carbocycles. The molecule has 0 spiro atoms. The third kappa shape index (κ3) is 6.03. The van der Waals surface area contributed by atoms with Crippen molar-refractivity contribution in [3.63, 3.8) is 0 Å². The van der Waals surface area contributed by atoms with E-state index in [1.165, 1.54) is 71.0 Å². The smallest absolute Gasteiger partial charge is 0.0323 e. The first-order valence-corrected chi connectivity index (χ1v) is 17.3. The second-order valence-corrected chi connectivity index (χ2v) is 13.8. The van der Waals surface area contributed by atoms with E-state index >= 15 is 0 Å².